The van der Waals surface area contributed by atoms with Crippen LogP contribution in [0.4, 0.5) is 11.4 Å². The quantitative estimate of drug-likeness (QED) is 0.629. The van der Waals surface area contributed by atoms with Gasteiger partial charge in [0.2, 0.25) is 5.91 Å². The molecule has 0 bridgehead atoms. The van der Waals surface area contributed by atoms with Crippen LogP contribution in [-0.2, 0) is 4.79 Å². The highest BCUT2D eigenvalue weighted by Crippen LogP contribution is 2.15. The van der Waals surface area contributed by atoms with Crippen molar-refractivity contribution in [2.45, 2.75) is 26.7 Å². The Balaban J connectivity index is 1.91. The van der Waals surface area contributed by atoms with Gasteiger partial charge in [-0.05, 0) is 61.1 Å². The van der Waals surface area contributed by atoms with E-state index in [1.165, 1.54) is 0 Å². The summed E-state index contributed by atoms with van der Waals surface area (Å²) in [7, 11) is 0. The molecule has 0 aliphatic rings. The molecule has 0 atom stereocenters. The first-order chi connectivity index (χ1) is 13.0. The van der Waals surface area contributed by atoms with E-state index in [2.05, 4.69) is 16.0 Å². The molecule has 2 aromatic rings. The predicted octanol–water partition coefficient (Wildman–Crippen LogP) is 3.95. The van der Waals surface area contributed by atoms with Gasteiger partial charge in [-0.3, -0.25) is 14.9 Å². The van der Waals surface area contributed by atoms with Gasteiger partial charge in [0.05, 0.1) is 6.61 Å². The molecule has 0 fully saturated rings. The van der Waals surface area contributed by atoms with E-state index in [4.69, 9.17) is 17.0 Å². The van der Waals surface area contributed by atoms with Gasteiger partial charge in [-0.1, -0.05) is 19.9 Å². The second kappa shape index (κ2) is 10.3. The number of rotatable bonds is 7. The fourth-order valence-electron chi connectivity index (χ4n) is 2.17. The molecule has 2 aromatic carbocycles. The van der Waals surface area contributed by atoms with Gasteiger partial charge in [0.25, 0.3) is 5.91 Å². The molecule has 0 heterocycles. The highest BCUT2D eigenvalue weighted by atomic mass is 32.1. The molecule has 0 saturated carbocycles. The van der Waals surface area contributed by atoms with Gasteiger partial charge in [0.1, 0.15) is 5.75 Å². The Morgan fingerprint density at radius 1 is 1.00 bits per heavy atom. The van der Waals surface area contributed by atoms with Crippen LogP contribution in [0.5, 0.6) is 5.75 Å². The van der Waals surface area contributed by atoms with Crippen molar-refractivity contribution in [1.82, 2.24) is 5.32 Å². The Bertz CT molecular complexity index is 806. The molecule has 2 amide bonds. The molecular weight excluding hydrogens is 362 g/mol. The van der Waals surface area contributed by atoms with Crippen LogP contribution in [0.15, 0.2) is 48.5 Å². The maximum atomic E-state index is 12.3. The molecule has 6 nitrogen and oxygen atoms in total. The maximum absolute atomic E-state index is 12.3. The standard InChI is InChI=1S/C20H23N3O3S/c1-3-12-26-17-7-5-6-14(13-17)19(25)23-20(27)22-16-10-8-15(9-11-16)21-18(24)4-2/h5-11,13H,3-4,12H2,1-2H3,(H,21,24)(H2,22,23,25,27). The predicted molar refractivity (Wildman–Crippen MR) is 111 cm³/mol. The lowest BCUT2D eigenvalue weighted by Gasteiger charge is -2.11. The van der Waals surface area contributed by atoms with E-state index in [1.807, 2.05) is 13.0 Å². The average molecular weight is 385 g/mol. The molecule has 142 valence electrons. The molecule has 0 aliphatic heterocycles. The summed E-state index contributed by atoms with van der Waals surface area (Å²) in [5, 5.41) is 8.53. The van der Waals surface area contributed by atoms with E-state index < -0.39 is 0 Å². The number of carbonyl (C=O) groups is 2. The van der Waals surface area contributed by atoms with E-state index >= 15 is 0 Å². The van der Waals surface area contributed by atoms with Crippen LogP contribution in [-0.4, -0.2) is 23.5 Å². The number of carbonyl (C=O) groups excluding carboxylic acids is 2. The molecule has 7 heteroatoms. The van der Waals surface area contributed by atoms with Crippen LogP contribution in [0.1, 0.15) is 37.0 Å². The van der Waals surface area contributed by atoms with E-state index in [1.54, 1.807) is 49.4 Å². The largest absolute Gasteiger partial charge is 0.494 e. The third-order valence-corrected chi connectivity index (χ3v) is 3.75. The van der Waals surface area contributed by atoms with Crippen molar-refractivity contribution in [2.24, 2.45) is 0 Å². The second-order valence-electron chi connectivity index (χ2n) is 5.76. The third kappa shape index (κ3) is 6.71. The number of benzene rings is 2. The summed E-state index contributed by atoms with van der Waals surface area (Å²) < 4.78 is 5.53. The highest BCUT2D eigenvalue weighted by molar-refractivity contribution is 7.80. The fourth-order valence-corrected chi connectivity index (χ4v) is 2.38. The van der Waals surface area contributed by atoms with Gasteiger partial charge < -0.3 is 15.4 Å². The number of ether oxygens (including phenoxy) is 1. The van der Waals surface area contributed by atoms with Crippen LogP contribution >= 0.6 is 12.2 Å². The van der Waals surface area contributed by atoms with Crippen molar-refractivity contribution in [3.63, 3.8) is 0 Å². The minimum Gasteiger partial charge on any atom is -0.494 e. The summed E-state index contributed by atoms with van der Waals surface area (Å²) >= 11 is 5.19. The minimum atomic E-state index is -0.318. The summed E-state index contributed by atoms with van der Waals surface area (Å²) in [6.07, 6.45) is 1.31. The van der Waals surface area contributed by atoms with Crippen molar-refractivity contribution in [3.05, 3.63) is 54.1 Å². The Morgan fingerprint density at radius 3 is 2.30 bits per heavy atom. The van der Waals surface area contributed by atoms with Crippen molar-refractivity contribution in [2.75, 3.05) is 17.2 Å². The first-order valence-corrected chi connectivity index (χ1v) is 9.17. The molecule has 0 aromatic heterocycles. The summed E-state index contributed by atoms with van der Waals surface area (Å²) in [5.41, 5.74) is 1.87. The number of nitrogens with one attached hydrogen (secondary N) is 3. The molecular formula is C20H23N3O3S. The van der Waals surface area contributed by atoms with Gasteiger partial charge >= 0.3 is 0 Å². The van der Waals surface area contributed by atoms with E-state index in [-0.39, 0.29) is 16.9 Å². The molecule has 3 N–H and O–H groups in total. The summed E-state index contributed by atoms with van der Waals surface area (Å²) in [6.45, 7) is 4.41. The molecule has 2 rings (SSSR count). The van der Waals surface area contributed by atoms with Gasteiger partial charge in [-0.25, -0.2) is 0 Å². The van der Waals surface area contributed by atoms with Crippen LogP contribution in [0.25, 0.3) is 0 Å². The monoisotopic (exact) mass is 385 g/mol. The lowest BCUT2D eigenvalue weighted by atomic mass is 10.2. The third-order valence-electron chi connectivity index (χ3n) is 3.54. The first-order valence-electron chi connectivity index (χ1n) is 8.77. The number of amides is 2. The zero-order valence-electron chi connectivity index (χ0n) is 15.4. The van der Waals surface area contributed by atoms with Crippen molar-refractivity contribution in [3.8, 4) is 5.75 Å². The topological polar surface area (TPSA) is 79.5 Å². The van der Waals surface area contributed by atoms with Gasteiger partial charge in [-0.2, -0.15) is 0 Å². The SMILES string of the molecule is CCCOc1cccc(C(=O)NC(=S)Nc2ccc(NC(=O)CC)cc2)c1. The zero-order valence-corrected chi connectivity index (χ0v) is 16.2. The number of hydrogen-bond donors (Lipinski definition) is 3. The Morgan fingerprint density at radius 2 is 1.67 bits per heavy atom. The molecule has 0 spiro atoms. The molecule has 0 saturated heterocycles. The number of hydrogen-bond acceptors (Lipinski definition) is 4. The fraction of sp³-hybridized carbons (Fsp3) is 0.250. The summed E-state index contributed by atoms with van der Waals surface area (Å²) in [6, 6.07) is 14.0. The Labute approximate surface area is 164 Å². The second-order valence-corrected chi connectivity index (χ2v) is 6.17. The molecule has 0 radical (unpaired) electrons. The highest BCUT2D eigenvalue weighted by Gasteiger charge is 2.09. The minimum absolute atomic E-state index is 0.0522. The van der Waals surface area contributed by atoms with Crippen molar-refractivity contribution in [1.29, 1.82) is 0 Å². The smallest absolute Gasteiger partial charge is 0.257 e. The van der Waals surface area contributed by atoms with Crippen LogP contribution in [0.2, 0.25) is 0 Å². The summed E-state index contributed by atoms with van der Waals surface area (Å²) in [4.78, 5) is 23.7. The average Bonchev–Trinajstić information content (AvgIpc) is 2.67. The molecule has 0 aliphatic carbocycles. The van der Waals surface area contributed by atoms with Crippen molar-refractivity contribution >= 4 is 40.5 Å². The zero-order chi connectivity index (χ0) is 19.6. The normalized spacial score (nSPS) is 10.0. The number of anilines is 2. The van der Waals surface area contributed by atoms with E-state index in [0.29, 0.717) is 35.7 Å². The first kappa shape index (κ1) is 20.4. The lowest BCUT2D eigenvalue weighted by Crippen LogP contribution is -2.34. The van der Waals surface area contributed by atoms with Gasteiger partial charge in [0, 0.05) is 23.4 Å². The maximum Gasteiger partial charge on any atom is 0.257 e. The Kier molecular flexibility index (Phi) is 7.76. The Hall–Kier alpha value is -2.93. The lowest BCUT2D eigenvalue weighted by molar-refractivity contribution is -0.115. The van der Waals surface area contributed by atoms with Crippen LogP contribution < -0.4 is 20.7 Å². The molecule has 0 unspecified atom stereocenters. The van der Waals surface area contributed by atoms with Gasteiger partial charge in [0.15, 0.2) is 5.11 Å². The van der Waals surface area contributed by atoms with Crippen molar-refractivity contribution < 1.29 is 14.3 Å². The molecule has 27 heavy (non-hydrogen) atoms. The van der Waals surface area contributed by atoms with E-state index in [9.17, 15) is 9.59 Å². The van der Waals surface area contributed by atoms with E-state index in [0.717, 1.165) is 6.42 Å². The van der Waals surface area contributed by atoms with Gasteiger partial charge in [-0.15, -0.1) is 0 Å². The van der Waals surface area contributed by atoms with Crippen LogP contribution in [0, 0.1) is 0 Å². The van der Waals surface area contributed by atoms with Crippen LogP contribution in [0.3, 0.4) is 0 Å². The number of thiocarbonyl (C=S) groups is 1. The summed E-state index contributed by atoms with van der Waals surface area (Å²) in [5.74, 6) is 0.276.